The van der Waals surface area contributed by atoms with E-state index in [0.717, 1.165) is 23.6 Å². The van der Waals surface area contributed by atoms with Crippen LogP contribution in [0.25, 0.3) is 10.8 Å². The second-order valence-electron chi connectivity index (χ2n) is 5.36. The zero-order valence-corrected chi connectivity index (χ0v) is 11.8. The van der Waals surface area contributed by atoms with Gasteiger partial charge in [0.05, 0.1) is 5.56 Å². The van der Waals surface area contributed by atoms with Crippen LogP contribution in [0.2, 0.25) is 0 Å². The minimum absolute atomic E-state index is 0.230. The largest absolute Gasteiger partial charge is 0.449 e. The molecule has 1 aliphatic carbocycles. The van der Waals surface area contributed by atoms with Crippen LogP contribution in [0.3, 0.4) is 0 Å². The Morgan fingerprint density at radius 1 is 1.14 bits per heavy atom. The molecule has 4 heteroatoms. The number of fused-ring (bicyclic) bond motifs is 1. The Balaban J connectivity index is 1.75. The molecule has 0 aliphatic heterocycles. The summed E-state index contributed by atoms with van der Waals surface area (Å²) >= 11 is 0. The maximum absolute atomic E-state index is 12.3. The van der Waals surface area contributed by atoms with Gasteiger partial charge < -0.3 is 10.1 Å². The third-order valence-electron chi connectivity index (χ3n) is 3.59. The van der Waals surface area contributed by atoms with E-state index in [-0.39, 0.29) is 11.9 Å². The third kappa shape index (κ3) is 3.05. The van der Waals surface area contributed by atoms with Gasteiger partial charge in [-0.3, -0.25) is 4.79 Å². The fraction of sp³-hybridized carbons (Fsp3) is 0.294. The molecule has 0 radical (unpaired) electrons. The predicted octanol–water partition coefficient (Wildman–Crippen LogP) is 2.66. The molecule has 4 nitrogen and oxygen atoms in total. The lowest BCUT2D eigenvalue weighted by Gasteiger charge is -2.14. The van der Waals surface area contributed by atoms with E-state index in [2.05, 4.69) is 5.32 Å². The lowest BCUT2D eigenvalue weighted by atomic mass is 10.0. The number of ether oxygens (including phenoxy) is 1. The van der Waals surface area contributed by atoms with Crippen molar-refractivity contribution in [3.8, 4) is 0 Å². The Morgan fingerprint density at radius 3 is 2.62 bits per heavy atom. The fourth-order valence-corrected chi connectivity index (χ4v) is 2.23. The fourth-order valence-electron chi connectivity index (χ4n) is 2.23. The highest BCUT2D eigenvalue weighted by atomic mass is 16.5. The molecule has 0 spiro atoms. The van der Waals surface area contributed by atoms with Crippen LogP contribution in [0.15, 0.2) is 42.5 Å². The number of benzene rings is 2. The maximum atomic E-state index is 12.3. The van der Waals surface area contributed by atoms with Gasteiger partial charge in [-0.25, -0.2) is 4.79 Å². The summed E-state index contributed by atoms with van der Waals surface area (Å²) in [5.74, 6) is -0.698. The SMILES string of the molecule is C[C@H](OC(=O)c1cccc2ccccc12)C(=O)NC1CC1. The van der Waals surface area contributed by atoms with Crippen molar-refractivity contribution in [2.45, 2.75) is 31.9 Å². The average Bonchev–Trinajstić information content (AvgIpc) is 3.30. The average molecular weight is 283 g/mol. The molecule has 2 aromatic carbocycles. The van der Waals surface area contributed by atoms with Gasteiger partial charge in [0.15, 0.2) is 6.10 Å². The van der Waals surface area contributed by atoms with Gasteiger partial charge in [0, 0.05) is 6.04 Å². The minimum Gasteiger partial charge on any atom is -0.449 e. The highest BCUT2D eigenvalue weighted by Gasteiger charge is 2.27. The molecule has 108 valence electrons. The first kappa shape index (κ1) is 13.6. The molecule has 0 unspecified atom stereocenters. The summed E-state index contributed by atoms with van der Waals surface area (Å²) in [4.78, 5) is 24.1. The number of hydrogen-bond donors (Lipinski definition) is 1. The Bertz CT molecular complexity index is 686. The summed E-state index contributed by atoms with van der Waals surface area (Å²) in [6, 6.07) is 13.3. The molecule has 3 rings (SSSR count). The number of hydrogen-bond acceptors (Lipinski definition) is 3. The van der Waals surface area contributed by atoms with Gasteiger partial charge in [-0.15, -0.1) is 0 Å². The van der Waals surface area contributed by atoms with Crippen LogP contribution < -0.4 is 5.32 Å². The molecule has 2 aromatic rings. The topological polar surface area (TPSA) is 55.4 Å². The first-order valence-corrected chi connectivity index (χ1v) is 7.14. The summed E-state index contributed by atoms with van der Waals surface area (Å²) in [5, 5.41) is 4.64. The summed E-state index contributed by atoms with van der Waals surface area (Å²) < 4.78 is 5.28. The Hall–Kier alpha value is -2.36. The van der Waals surface area contributed by atoms with Crippen molar-refractivity contribution in [2.24, 2.45) is 0 Å². The third-order valence-corrected chi connectivity index (χ3v) is 3.59. The van der Waals surface area contributed by atoms with Crippen LogP contribution in [0.4, 0.5) is 0 Å². The molecule has 0 heterocycles. The molecule has 1 saturated carbocycles. The van der Waals surface area contributed by atoms with Crippen LogP contribution >= 0.6 is 0 Å². The van der Waals surface area contributed by atoms with E-state index in [1.807, 2.05) is 36.4 Å². The summed E-state index contributed by atoms with van der Waals surface area (Å²) in [7, 11) is 0. The monoisotopic (exact) mass is 283 g/mol. The maximum Gasteiger partial charge on any atom is 0.339 e. The smallest absolute Gasteiger partial charge is 0.339 e. The lowest BCUT2D eigenvalue weighted by molar-refractivity contribution is -0.129. The van der Waals surface area contributed by atoms with Crippen molar-refractivity contribution >= 4 is 22.6 Å². The number of rotatable bonds is 4. The van der Waals surface area contributed by atoms with E-state index in [1.165, 1.54) is 0 Å². The molecule has 0 aromatic heterocycles. The van der Waals surface area contributed by atoms with Gasteiger partial charge >= 0.3 is 5.97 Å². The number of nitrogens with one attached hydrogen (secondary N) is 1. The van der Waals surface area contributed by atoms with Crippen molar-refractivity contribution in [1.82, 2.24) is 5.32 Å². The van der Waals surface area contributed by atoms with Gasteiger partial charge in [0.2, 0.25) is 0 Å². The zero-order valence-electron chi connectivity index (χ0n) is 11.8. The van der Waals surface area contributed by atoms with E-state index < -0.39 is 12.1 Å². The molecule has 1 aliphatic rings. The number of carbonyl (C=O) groups is 2. The van der Waals surface area contributed by atoms with E-state index >= 15 is 0 Å². The number of carbonyl (C=O) groups excluding carboxylic acids is 2. The van der Waals surface area contributed by atoms with Crippen LogP contribution in [-0.2, 0) is 9.53 Å². The normalized spacial score (nSPS) is 15.5. The second-order valence-corrected chi connectivity index (χ2v) is 5.36. The van der Waals surface area contributed by atoms with Crippen molar-refractivity contribution < 1.29 is 14.3 Å². The summed E-state index contributed by atoms with van der Waals surface area (Å²) in [5.41, 5.74) is 0.485. The molecular formula is C17H17NO3. The van der Waals surface area contributed by atoms with Gasteiger partial charge in [0.25, 0.3) is 5.91 Å². The Labute approximate surface area is 123 Å². The van der Waals surface area contributed by atoms with Gasteiger partial charge in [0.1, 0.15) is 0 Å². The number of amides is 1. The molecular weight excluding hydrogens is 266 g/mol. The standard InChI is InChI=1S/C17H17NO3/c1-11(16(19)18-13-9-10-13)21-17(20)15-8-4-6-12-5-2-3-7-14(12)15/h2-8,11,13H,9-10H2,1H3,(H,18,19)/t11-/m0/s1. The highest BCUT2D eigenvalue weighted by Crippen LogP contribution is 2.21. The molecule has 1 amide bonds. The van der Waals surface area contributed by atoms with Gasteiger partial charge in [-0.1, -0.05) is 36.4 Å². The lowest BCUT2D eigenvalue weighted by Crippen LogP contribution is -2.37. The van der Waals surface area contributed by atoms with Crippen LogP contribution in [0.5, 0.6) is 0 Å². The first-order chi connectivity index (χ1) is 10.1. The van der Waals surface area contributed by atoms with Crippen molar-refractivity contribution in [3.63, 3.8) is 0 Å². The predicted molar refractivity (Wildman–Crippen MR) is 80.0 cm³/mol. The summed E-state index contributed by atoms with van der Waals surface area (Å²) in [6.07, 6.45) is 1.24. The molecule has 21 heavy (non-hydrogen) atoms. The molecule has 1 fully saturated rings. The quantitative estimate of drug-likeness (QED) is 0.878. The van der Waals surface area contributed by atoms with E-state index in [9.17, 15) is 9.59 Å². The Morgan fingerprint density at radius 2 is 1.86 bits per heavy atom. The first-order valence-electron chi connectivity index (χ1n) is 7.14. The molecule has 1 atom stereocenters. The van der Waals surface area contributed by atoms with E-state index in [1.54, 1.807) is 13.0 Å². The molecule has 0 bridgehead atoms. The summed E-state index contributed by atoms with van der Waals surface area (Å²) in [6.45, 7) is 1.60. The van der Waals surface area contributed by atoms with E-state index in [0.29, 0.717) is 5.56 Å². The second kappa shape index (κ2) is 5.56. The highest BCUT2D eigenvalue weighted by molar-refractivity contribution is 6.05. The van der Waals surface area contributed by atoms with Crippen molar-refractivity contribution in [1.29, 1.82) is 0 Å². The molecule has 1 N–H and O–H groups in total. The molecule has 0 saturated heterocycles. The number of esters is 1. The van der Waals surface area contributed by atoms with Crippen molar-refractivity contribution in [3.05, 3.63) is 48.0 Å². The van der Waals surface area contributed by atoms with Crippen molar-refractivity contribution in [2.75, 3.05) is 0 Å². The Kier molecular flexibility index (Phi) is 3.60. The van der Waals surface area contributed by atoms with Crippen LogP contribution in [0.1, 0.15) is 30.1 Å². The zero-order chi connectivity index (χ0) is 14.8. The van der Waals surface area contributed by atoms with Crippen LogP contribution in [0, 0.1) is 0 Å². The van der Waals surface area contributed by atoms with Gasteiger partial charge in [-0.2, -0.15) is 0 Å². The van der Waals surface area contributed by atoms with E-state index in [4.69, 9.17) is 4.74 Å². The van der Waals surface area contributed by atoms with Crippen LogP contribution in [-0.4, -0.2) is 24.0 Å². The minimum atomic E-state index is -0.780. The van der Waals surface area contributed by atoms with Gasteiger partial charge in [-0.05, 0) is 36.6 Å².